The minimum Gasteiger partial charge on any atom is -0.455 e. The van der Waals surface area contributed by atoms with E-state index in [1.54, 1.807) is 18.5 Å². The van der Waals surface area contributed by atoms with Crippen LogP contribution in [0.4, 0.5) is 5.69 Å². The first-order chi connectivity index (χ1) is 9.24. The summed E-state index contributed by atoms with van der Waals surface area (Å²) in [5.74, 6) is 1.33. The largest absolute Gasteiger partial charge is 0.455 e. The zero-order valence-corrected chi connectivity index (χ0v) is 10.8. The molecule has 0 amide bonds. The molecule has 2 N–H and O–H groups in total. The number of halogens is 1. The first-order valence-corrected chi connectivity index (χ1v) is 6.17. The second-order valence-electron chi connectivity index (χ2n) is 4.15. The van der Waals surface area contributed by atoms with E-state index >= 15 is 0 Å². The van der Waals surface area contributed by atoms with Crippen molar-refractivity contribution in [3.63, 3.8) is 0 Å². The maximum Gasteiger partial charge on any atom is 0.147 e. The maximum absolute atomic E-state index is 6.17. The molecule has 3 nitrogen and oxygen atoms in total. The summed E-state index contributed by atoms with van der Waals surface area (Å²) in [7, 11) is 0. The van der Waals surface area contributed by atoms with Crippen LogP contribution >= 0.6 is 11.6 Å². The minimum absolute atomic E-state index is 0.566. The normalized spacial score (nSPS) is 10.6. The summed E-state index contributed by atoms with van der Waals surface area (Å²) in [6.07, 6.45) is 3.20. The Labute approximate surface area is 115 Å². The van der Waals surface area contributed by atoms with E-state index in [1.165, 1.54) is 0 Å². The Balaban J connectivity index is 2.09. The van der Waals surface area contributed by atoms with Crippen molar-refractivity contribution in [2.24, 2.45) is 0 Å². The Morgan fingerprint density at radius 3 is 2.58 bits per heavy atom. The Morgan fingerprint density at radius 1 is 1.00 bits per heavy atom. The molecule has 0 spiro atoms. The topological polar surface area (TPSA) is 48.1 Å². The maximum atomic E-state index is 6.17. The Kier molecular flexibility index (Phi) is 2.97. The third-order valence-electron chi connectivity index (χ3n) is 2.79. The van der Waals surface area contributed by atoms with Gasteiger partial charge in [-0.3, -0.25) is 4.98 Å². The van der Waals surface area contributed by atoms with E-state index in [1.807, 2.05) is 36.4 Å². The van der Waals surface area contributed by atoms with Gasteiger partial charge in [-0.1, -0.05) is 35.9 Å². The second-order valence-corrected chi connectivity index (χ2v) is 4.55. The Bertz CT molecular complexity index is 743. The number of hydrogen-bond donors (Lipinski definition) is 1. The molecular formula is C15H11ClN2O. The summed E-state index contributed by atoms with van der Waals surface area (Å²) in [6.45, 7) is 0. The number of nitrogens with zero attached hydrogens (tertiary/aromatic N) is 1. The van der Waals surface area contributed by atoms with Crippen LogP contribution in [-0.4, -0.2) is 4.98 Å². The summed E-state index contributed by atoms with van der Waals surface area (Å²) >= 11 is 6.17. The number of nitrogen functional groups attached to an aromatic ring is 1. The standard InChI is InChI=1S/C15H11ClN2O/c16-14-5-6-15(13-4-2-1-3-12(13)14)19-11-7-10(17)8-18-9-11/h1-9H,17H2. The lowest BCUT2D eigenvalue weighted by molar-refractivity contribution is 0.486. The van der Waals surface area contributed by atoms with Crippen molar-refractivity contribution in [2.45, 2.75) is 0 Å². The summed E-state index contributed by atoms with van der Waals surface area (Å²) in [5.41, 5.74) is 6.25. The van der Waals surface area contributed by atoms with E-state index in [2.05, 4.69) is 4.98 Å². The molecule has 3 rings (SSSR count). The van der Waals surface area contributed by atoms with E-state index in [4.69, 9.17) is 22.1 Å². The Morgan fingerprint density at radius 2 is 1.79 bits per heavy atom. The van der Waals surface area contributed by atoms with Crippen LogP contribution in [0.3, 0.4) is 0 Å². The molecule has 0 saturated carbocycles. The summed E-state index contributed by atoms with van der Waals surface area (Å²) < 4.78 is 5.83. The first-order valence-electron chi connectivity index (χ1n) is 5.80. The highest BCUT2D eigenvalue weighted by atomic mass is 35.5. The highest BCUT2D eigenvalue weighted by Crippen LogP contribution is 2.34. The molecule has 0 radical (unpaired) electrons. The molecule has 19 heavy (non-hydrogen) atoms. The van der Waals surface area contributed by atoms with Gasteiger partial charge in [0.1, 0.15) is 11.5 Å². The number of rotatable bonds is 2. The van der Waals surface area contributed by atoms with Gasteiger partial charge in [-0.25, -0.2) is 0 Å². The van der Waals surface area contributed by atoms with Gasteiger partial charge in [0.15, 0.2) is 0 Å². The van der Waals surface area contributed by atoms with Gasteiger partial charge in [-0.05, 0) is 12.1 Å². The highest BCUT2D eigenvalue weighted by molar-refractivity contribution is 6.35. The number of fused-ring (bicyclic) bond motifs is 1. The lowest BCUT2D eigenvalue weighted by Crippen LogP contribution is -1.90. The number of benzene rings is 2. The quantitative estimate of drug-likeness (QED) is 0.757. The van der Waals surface area contributed by atoms with Gasteiger partial charge in [-0.15, -0.1) is 0 Å². The van der Waals surface area contributed by atoms with Gasteiger partial charge in [0.2, 0.25) is 0 Å². The number of hydrogen-bond acceptors (Lipinski definition) is 3. The molecule has 94 valence electrons. The number of aromatic nitrogens is 1. The third kappa shape index (κ3) is 2.33. The third-order valence-corrected chi connectivity index (χ3v) is 3.12. The fourth-order valence-corrected chi connectivity index (χ4v) is 2.17. The van der Waals surface area contributed by atoms with Crippen LogP contribution in [0.2, 0.25) is 5.02 Å². The lowest BCUT2D eigenvalue weighted by atomic mass is 10.1. The number of anilines is 1. The zero-order chi connectivity index (χ0) is 13.2. The van der Waals surface area contributed by atoms with Crippen LogP contribution in [-0.2, 0) is 0 Å². The van der Waals surface area contributed by atoms with Crippen molar-refractivity contribution in [3.8, 4) is 11.5 Å². The average Bonchev–Trinajstić information content (AvgIpc) is 2.42. The molecule has 0 fully saturated rings. The van der Waals surface area contributed by atoms with Gasteiger partial charge >= 0.3 is 0 Å². The molecule has 2 aromatic carbocycles. The Hall–Kier alpha value is -2.26. The van der Waals surface area contributed by atoms with Crippen LogP contribution in [0.5, 0.6) is 11.5 Å². The van der Waals surface area contributed by atoms with E-state index in [-0.39, 0.29) is 0 Å². The smallest absolute Gasteiger partial charge is 0.147 e. The molecule has 4 heteroatoms. The number of pyridine rings is 1. The predicted octanol–water partition coefficient (Wildman–Crippen LogP) is 4.26. The van der Waals surface area contributed by atoms with Crippen LogP contribution in [0.15, 0.2) is 54.9 Å². The molecule has 1 aromatic heterocycles. The van der Waals surface area contributed by atoms with E-state index in [0.717, 1.165) is 16.5 Å². The van der Waals surface area contributed by atoms with Crippen LogP contribution in [0.25, 0.3) is 10.8 Å². The molecule has 0 aliphatic rings. The van der Waals surface area contributed by atoms with Gasteiger partial charge < -0.3 is 10.5 Å². The SMILES string of the molecule is Nc1cncc(Oc2ccc(Cl)c3ccccc23)c1. The van der Waals surface area contributed by atoms with Crippen molar-refractivity contribution in [2.75, 3.05) is 5.73 Å². The van der Waals surface area contributed by atoms with E-state index < -0.39 is 0 Å². The predicted molar refractivity (Wildman–Crippen MR) is 77.7 cm³/mol. The van der Waals surface area contributed by atoms with Gasteiger partial charge in [0.25, 0.3) is 0 Å². The van der Waals surface area contributed by atoms with Crippen molar-refractivity contribution >= 4 is 28.1 Å². The van der Waals surface area contributed by atoms with Crippen LogP contribution in [0.1, 0.15) is 0 Å². The monoisotopic (exact) mass is 270 g/mol. The minimum atomic E-state index is 0.566. The van der Waals surface area contributed by atoms with Crippen LogP contribution in [0, 0.1) is 0 Å². The van der Waals surface area contributed by atoms with Gasteiger partial charge in [0.05, 0.1) is 18.1 Å². The molecule has 0 atom stereocenters. The lowest BCUT2D eigenvalue weighted by Gasteiger charge is -2.10. The molecule has 3 aromatic rings. The molecule has 1 heterocycles. The highest BCUT2D eigenvalue weighted by Gasteiger charge is 2.06. The fourth-order valence-electron chi connectivity index (χ4n) is 1.94. The molecule has 0 unspecified atom stereocenters. The summed E-state index contributed by atoms with van der Waals surface area (Å²) in [4.78, 5) is 4.00. The number of nitrogens with two attached hydrogens (primary N) is 1. The van der Waals surface area contributed by atoms with Gasteiger partial charge in [-0.2, -0.15) is 0 Å². The van der Waals surface area contributed by atoms with Crippen molar-refractivity contribution in [1.29, 1.82) is 0 Å². The van der Waals surface area contributed by atoms with Gasteiger partial charge in [0, 0.05) is 21.9 Å². The molecule has 0 aliphatic heterocycles. The summed E-state index contributed by atoms with van der Waals surface area (Å²) in [5, 5.41) is 2.62. The molecule has 0 bridgehead atoms. The average molecular weight is 271 g/mol. The van der Waals surface area contributed by atoms with E-state index in [0.29, 0.717) is 16.5 Å². The fraction of sp³-hybridized carbons (Fsp3) is 0. The zero-order valence-electron chi connectivity index (χ0n) is 10.0. The second kappa shape index (κ2) is 4.78. The van der Waals surface area contributed by atoms with Crippen molar-refractivity contribution < 1.29 is 4.74 Å². The first kappa shape index (κ1) is 11.8. The molecule has 0 aliphatic carbocycles. The van der Waals surface area contributed by atoms with E-state index in [9.17, 15) is 0 Å². The van der Waals surface area contributed by atoms with Crippen molar-refractivity contribution in [1.82, 2.24) is 4.98 Å². The van der Waals surface area contributed by atoms with Crippen LogP contribution < -0.4 is 10.5 Å². The molecule has 0 saturated heterocycles. The summed E-state index contributed by atoms with van der Waals surface area (Å²) in [6, 6.07) is 13.2. The molecular weight excluding hydrogens is 260 g/mol. The van der Waals surface area contributed by atoms with Crippen molar-refractivity contribution in [3.05, 3.63) is 59.9 Å². The number of ether oxygens (including phenoxy) is 1.